The molecular weight excluding hydrogens is 288 g/mol. The molecule has 0 saturated carbocycles. The lowest BCUT2D eigenvalue weighted by Crippen LogP contribution is -1.83. The van der Waals surface area contributed by atoms with Gasteiger partial charge in [-0.3, -0.25) is 0 Å². The van der Waals surface area contributed by atoms with Crippen molar-refractivity contribution in [1.29, 1.82) is 0 Å². The predicted molar refractivity (Wildman–Crippen MR) is 68.1 cm³/mol. The van der Waals surface area contributed by atoms with Crippen LogP contribution in [0.15, 0.2) is 44.7 Å². The van der Waals surface area contributed by atoms with Crippen LogP contribution in [0.2, 0.25) is 0 Å². The Labute approximate surface area is 106 Å². The molecule has 0 amide bonds. The number of benzene rings is 1. The molecule has 0 bridgehead atoms. The molecule has 0 atom stereocenters. The molecule has 5 heteroatoms. The molecule has 0 unspecified atom stereocenters. The van der Waals surface area contributed by atoms with E-state index < -0.39 is 0 Å². The average molecular weight is 297 g/mol. The summed E-state index contributed by atoms with van der Waals surface area (Å²) >= 11 is 5.09. The summed E-state index contributed by atoms with van der Waals surface area (Å²) in [7, 11) is 0. The van der Waals surface area contributed by atoms with E-state index in [-0.39, 0.29) is 0 Å². The summed E-state index contributed by atoms with van der Waals surface area (Å²) in [6.45, 7) is 3.56. The maximum atomic E-state index is 4.92. The minimum absolute atomic E-state index is 0.463. The first-order valence-corrected chi connectivity index (χ1v) is 6.39. The molecule has 0 aliphatic carbocycles. The summed E-state index contributed by atoms with van der Waals surface area (Å²) < 4.78 is 5.99. The van der Waals surface area contributed by atoms with E-state index in [4.69, 9.17) is 4.52 Å². The minimum atomic E-state index is 0.463. The zero-order valence-corrected chi connectivity index (χ0v) is 10.8. The Kier molecular flexibility index (Phi) is 3.79. The van der Waals surface area contributed by atoms with E-state index in [1.807, 2.05) is 18.2 Å². The summed E-state index contributed by atoms with van der Waals surface area (Å²) in [4.78, 5) is 5.30. The molecule has 0 aliphatic rings. The van der Waals surface area contributed by atoms with Crippen LogP contribution >= 0.6 is 27.7 Å². The number of rotatable bonds is 4. The number of aromatic nitrogens is 2. The quantitative estimate of drug-likeness (QED) is 0.805. The third-order valence-electron chi connectivity index (χ3n) is 1.82. The second kappa shape index (κ2) is 5.32. The first-order valence-electron chi connectivity index (χ1n) is 4.61. The Morgan fingerprint density at radius 1 is 1.50 bits per heavy atom. The lowest BCUT2D eigenvalue weighted by atomic mass is 10.4. The van der Waals surface area contributed by atoms with Crippen LogP contribution in [0.5, 0.6) is 0 Å². The fourth-order valence-electron chi connectivity index (χ4n) is 1.11. The van der Waals surface area contributed by atoms with Crippen molar-refractivity contribution in [2.45, 2.75) is 10.6 Å². The van der Waals surface area contributed by atoms with Gasteiger partial charge in [0.05, 0.1) is 5.75 Å². The number of hydrogen-bond acceptors (Lipinski definition) is 4. The van der Waals surface area contributed by atoms with Crippen molar-refractivity contribution in [3.63, 3.8) is 0 Å². The number of halogens is 1. The molecule has 0 radical (unpaired) electrons. The molecule has 0 aliphatic heterocycles. The van der Waals surface area contributed by atoms with Crippen molar-refractivity contribution in [2.75, 3.05) is 0 Å². The van der Waals surface area contributed by atoms with Crippen molar-refractivity contribution in [2.24, 2.45) is 0 Å². The van der Waals surface area contributed by atoms with Gasteiger partial charge in [-0.2, -0.15) is 4.98 Å². The summed E-state index contributed by atoms with van der Waals surface area (Å²) in [5, 5.41) is 3.83. The molecule has 0 fully saturated rings. The van der Waals surface area contributed by atoms with Gasteiger partial charge in [0.2, 0.25) is 5.89 Å². The SMILES string of the molecule is C=Cc1nc(CSc2cccc(Br)c2)no1. The van der Waals surface area contributed by atoms with Crippen LogP contribution in [-0.4, -0.2) is 10.1 Å². The van der Waals surface area contributed by atoms with Gasteiger partial charge in [-0.15, -0.1) is 11.8 Å². The van der Waals surface area contributed by atoms with Crippen molar-refractivity contribution in [3.05, 3.63) is 47.0 Å². The van der Waals surface area contributed by atoms with Gasteiger partial charge >= 0.3 is 0 Å². The highest BCUT2D eigenvalue weighted by atomic mass is 79.9. The molecule has 0 N–H and O–H groups in total. The fourth-order valence-corrected chi connectivity index (χ4v) is 2.46. The van der Waals surface area contributed by atoms with E-state index >= 15 is 0 Å². The van der Waals surface area contributed by atoms with E-state index in [0.29, 0.717) is 17.5 Å². The largest absolute Gasteiger partial charge is 0.335 e. The van der Waals surface area contributed by atoms with E-state index in [9.17, 15) is 0 Å². The first-order chi connectivity index (χ1) is 7.78. The highest BCUT2D eigenvalue weighted by molar-refractivity contribution is 9.10. The van der Waals surface area contributed by atoms with Crippen molar-refractivity contribution in [3.8, 4) is 0 Å². The number of thioether (sulfide) groups is 1. The Morgan fingerprint density at radius 2 is 2.38 bits per heavy atom. The van der Waals surface area contributed by atoms with Crippen LogP contribution in [0.3, 0.4) is 0 Å². The van der Waals surface area contributed by atoms with Crippen LogP contribution in [0.25, 0.3) is 6.08 Å². The molecule has 2 aromatic rings. The number of hydrogen-bond donors (Lipinski definition) is 0. The van der Waals surface area contributed by atoms with Crippen molar-refractivity contribution >= 4 is 33.8 Å². The lowest BCUT2D eigenvalue weighted by molar-refractivity contribution is 0.405. The molecule has 1 aromatic heterocycles. The number of nitrogens with zero attached hydrogens (tertiary/aromatic N) is 2. The highest BCUT2D eigenvalue weighted by Crippen LogP contribution is 2.24. The molecule has 16 heavy (non-hydrogen) atoms. The third kappa shape index (κ3) is 2.96. The smallest absolute Gasteiger partial charge is 0.250 e. The fraction of sp³-hybridized carbons (Fsp3) is 0.0909. The Morgan fingerprint density at radius 3 is 3.06 bits per heavy atom. The van der Waals surface area contributed by atoms with Gasteiger partial charge in [-0.1, -0.05) is 33.7 Å². The zero-order valence-electron chi connectivity index (χ0n) is 8.39. The second-order valence-electron chi connectivity index (χ2n) is 3.00. The van der Waals surface area contributed by atoms with Crippen molar-refractivity contribution < 1.29 is 4.52 Å². The van der Waals surface area contributed by atoms with Crippen LogP contribution < -0.4 is 0 Å². The van der Waals surface area contributed by atoms with Crippen LogP contribution in [-0.2, 0) is 5.75 Å². The lowest BCUT2D eigenvalue weighted by Gasteiger charge is -1.98. The first kappa shape index (κ1) is 11.4. The summed E-state index contributed by atoms with van der Waals surface area (Å²) in [6, 6.07) is 8.09. The molecule has 0 saturated heterocycles. The van der Waals surface area contributed by atoms with Crippen LogP contribution in [0.1, 0.15) is 11.7 Å². The minimum Gasteiger partial charge on any atom is -0.335 e. The van der Waals surface area contributed by atoms with Gasteiger partial charge < -0.3 is 4.52 Å². The molecule has 1 aromatic carbocycles. The van der Waals surface area contributed by atoms with E-state index in [1.54, 1.807) is 17.8 Å². The maximum Gasteiger partial charge on any atom is 0.250 e. The average Bonchev–Trinajstić information content (AvgIpc) is 2.74. The molecule has 0 spiro atoms. The Hall–Kier alpha value is -1.07. The predicted octanol–water partition coefficient (Wildman–Crippen LogP) is 3.77. The van der Waals surface area contributed by atoms with Gasteiger partial charge in [-0.25, -0.2) is 0 Å². The highest BCUT2D eigenvalue weighted by Gasteiger charge is 2.04. The van der Waals surface area contributed by atoms with E-state index in [2.05, 4.69) is 38.7 Å². The molecule has 82 valence electrons. The standard InChI is InChI=1S/C11H9BrN2OS/c1-2-11-13-10(14-15-11)7-16-9-5-3-4-8(12)6-9/h2-6H,1,7H2. The summed E-state index contributed by atoms with van der Waals surface area (Å²) in [5.41, 5.74) is 0. The Balaban J connectivity index is 1.99. The summed E-state index contributed by atoms with van der Waals surface area (Å²) in [5.74, 6) is 1.83. The van der Waals surface area contributed by atoms with Gasteiger partial charge in [0.15, 0.2) is 5.82 Å². The van der Waals surface area contributed by atoms with E-state index in [0.717, 1.165) is 4.47 Å². The normalized spacial score (nSPS) is 10.3. The van der Waals surface area contributed by atoms with Crippen molar-refractivity contribution in [1.82, 2.24) is 10.1 Å². The van der Waals surface area contributed by atoms with Gasteiger partial charge in [0.1, 0.15) is 0 Å². The van der Waals surface area contributed by atoms with E-state index in [1.165, 1.54) is 4.90 Å². The molecular formula is C11H9BrN2OS. The molecule has 3 nitrogen and oxygen atoms in total. The third-order valence-corrected chi connectivity index (χ3v) is 3.31. The summed E-state index contributed by atoms with van der Waals surface area (Å²) in [6.07, 6.45) is 1.54. The molecule has 1 heterocycles. The van der Waals surface area contributed by atoms with Crippen LogP contribution in [0, 0.1) is 0 Å². The van der Waals surface area contributed by atoms with Gasteiger partial charge in [-0.05, 0) is 24.3 Å². The zero-order chi connectivity index (χ0) is 11.4. The topological polar surface area (TPSA) is 38.9 Å². The molecule has 2 rings (SSSR count). The van der Waals surface area contributed by atoms with Gasteiger partial charge in [0.25, 0.3) is 0 Å². The van der Waals surface area contributed by atoms with Gasteiger partial charge in [0, 0.05) is 9.37 Å². The Bertz CT molecular complexity index is 498. The maximum absolute atomic E-state index is 4.92. The monoisotopic (exact) mass is 296 g/mol. The van der Waals surface area contributed by atoms with Crippen LogP contribution in [0.4, 0.5) is 0 Å². The second-order valence-corrected chi connectivity index (χ2v) is 4.96.